The van der Waals surface area contributed by atoms with Crippen molar-refractivity contribution in [1.82, 2.24) is 9.38 Å². The molecule has 3 heteroatoms. The molecule has 4 heterocycles. The minimum absolute atomic E-state index is 1.07. The average Bonchev–Trinajstić information content (AvgIpc) is 2.97. The van der Waals surface area contributed by atoms with Crippen LogP contribution in [0.3, 0.4) is 0 Å². The molecule has 6 rings (SSSR count). The number of aromatic nitrogens is 3. The zero-order chi connectivity index (χ0) is 16.7. The number of hydrogen-bond donors (Lipinski definition) is 0. The molecule has 0 N–H and O–H groups in total. The van der Waals surface area contributed by atoms with E-state index < -0.39 is 0 Å². The summed E-state index contributed by atoms with van der Waals surface area (Å²) in [6, 6.07) is 17.4. The maximum absolute atomic E-state index is 4.70. The van der Waals surface area contributed by atoms with Crippen molar-refractivity contribution in [2.75, 3.05) is 0 Å². The molecule has 0 bridgehead atoms. The van der Waals surface area contributed by atoms with Crippen LogP contribution in [0.4, 0.5) is 0 Å². The van der Waals surface area contributed by atoms with E-state index in [0.717, 1.165) is 5.52 Å². The number of rotatable bonds is 0. The lowest BCUT2D eigenvalue weighted by atomic mass is 9.98. The van der Waals surface area contributed by atoms with E-state index in [4.69, 9.17) is 4.98 Å². The minimum Gasteiger partial charge on any atom is -0.301 e. The summed E-state index contributed by atoms with van der Waals surface area (Å²) in [5.74, 6) is 0. The quantitative estimate of drug-likeness (QED) is 0.229. The molecule has 4 aromatic heterocycles. The number of hydrogen-bond acceptors (Lipinski definition) is 1. The molecular formula is C22H16N3+. The second kappa shape index (κ2) is 4.25. The Morgan fingerprint density at radius 1 is 0.920 bits per heavy atom. The summed E-state index contributed by atoms with van der Waals surface area (Å²) in [5, 5.41) is 5.18. The molecule has 0 aliphatic carbocycles. The highest BCUT2D eigenvalue weighted by molar-refractivity contribution is 6.24. The third-order valence-corrected chi connectivity index (χ3v) is 5.51. The molecule has 3 nitrogen and oxygen atoms in total. The number of fused-ring (bicyclic) bond motifs is 5. The Bertz CT molecular complexity index is 1460. The van der Waals surface area contributed by atoms with E-state index in [9.17, 15) is 0 Å². The van der Waals surface area contributed by atoms with E-state index in [1.807, 2.05) is 12.3 Å². The SMILES string of the molecule is Cc1ccc2cccc3c2c1c1c2c(cc[n+]1C)c1ncccc1n32. The van der Waals surface area contributed by atoms with Crippen LogP contribution >= 0.6 is 0 Å². The molecule has 25 heavy (non-hydrogen) atoms. The van der Waals surface area contributed by atoms with Gasteiger partial charge in [0.05, 0.1) is 21.9 Å². The molecule has 0 radical (unpaired) electrons. The van der Waals surface area contributed by atoms with E-state index in [1.165, 1.54) is 49.2 Å². The van der Waals surface area contributed by atoms with Gasteiger partial charge in [0, 0.05) is 23.0 Å². The molecule has 0 atom stereocenters. The minimum atomic E-state index is 1.07. The molecule has 0 fully saturated rings. The van der Waals surface area contributed by atoms with Crippen molar-refractivity contribution < 1.29 is 4.57 Å². The molecule has 2 aromatic carbocycles. The number of aryl methyl sites for hydroxylation is 2. The zero-order valence-corrected chi connectivity index (χ0v) is 14.1. The van der Waals surface area contributed by atoms with Crippen molar-refractivity contribution in [1.29, 1.82) is 0 Å². The van der Waals surface area contributed by atoms with Gasteiger partial charge in [-0.1, -0.05) is 24.3 Å². The van der Waals surface area contributed by atoms with Crippen molar-refractivity contribution in [3.05, 3.63) is 66.5 Å². The Balaban J connectivity index is 2.18. The fourth-order valence-electron chi connectivity index (χ4n) is 4.46. The number of benzene rings is 2. The van der Waals surface area contributed by atoms with E-state index in [1.54, 1.807) is 0 Å². The van der Waals surface area contributed by atoms with Crippen LogP contribution in [0.25, 0.3) is 49.1 Å². The molecule has 6 aromatic rings. The topological polar surface area (TPSA) is 21.2 Å². The first kappa shape index (κ1) is 13.1. The summed E-state index contributed by atoms with van der Waals surface area (Å²) in [7, 11) is 2.14. The smallest absolute Gasteiger partial charge is 0.238 e. The lowest BCUT2D eigenvalue weighted by molar-refractivity contribution is -0.644. The molecule has 0 unspecified atom stereocenters. The van der Waals surface area contributed by atoms with E-state index in [-0.39, 0.29) is 0 Å². The molecule has 0 aliphatic heterocycles. The van der Waals surface area contributed by atoms with Crippen molar-refractivity contribution in [3.8, 4) is 0 Å². The van der Waals surface area contributed by atoms with Crippen LogP contribution in [0.1, 0.15) is 5.56 Å². The summed E-state index contributed by atoms with van der Waals surface area (Å²) in [6.07, 6.45) is 4.04. The van der Waals surface area contributed by atoms with Gasteiger partial charge in [-0.25, -0.2) is 0 Å². The first-order valence-electron chi connectivity index (χ1n) is 8.56. The summed E-state index contributed by atoms with van der Waals surface area (Å²) in [5.41, 5.74) is 7.34. The van der Waals surface area contributed by atoms with Gasteiger partial charge >= 0.3 is 0 Å². The Labute approximate surface area is 144 Å². The summed E-state index contributed by atoms with van der Waals surface area (Å²) in [6.45, 7) is 2.21. The van der Waals surface area contributed by atoms with Gasteiger partial charge in [0.25, 0.3) is 0 Å². The van der Waals surface area contributed by atoms with Gasteiger partial charge in [-0.2, -0.15) is 4.57 Å². The van der Waals surface area contributed by atoms with Crippen LogP contribution in [0.15, 0.2) is 60.9 Å². The number of pyridine rings is 3. The molecule has 0 amide bonds. The van der Waals surface area contributed by atoms with Crippen LogP contribution in [0, 0.1) is 6.92 Å². The predicted molar refractivity (Wildman–Crippen MR) is 102 cm³/mol. The largest absolute Gasteiger partial charge is 0.301 e. The second-order valence-corrected chi connectivity index (χ2v) is 6.88. The van der Waals surface area contributed by atoms with E-state index in [2.05, 4.69) is 71.6 Å². The Kier molecular flexibility index (Phi) is 2.23. The van der Waals surface area contributed by atoms with Crippen molar-refractivity contribution in [3.63, 3.8) is 0 Å². The maximum Gasteiger partial charge on any atom is 0.238 e. The van der Waals surface area contributed by atoms with Gasteiger partial charge in [-0.3, -0.25) is 4.98 Å². The van der Waals surface area contributed by atoms with E-state index in [0.29, 0.717) is 0 Å². The first-order valence-corrected chi connectivity index (χ1v) is 8.56. The lowest BCUT2D eigenvalue weighted by Crippen LogP contribution is -2.28. The summed E-state index contributed by atoms with van der Waals surface area (Å²) >= 11 is 0. The van der Waals surface area contributed by atoms with Crippen molar-refractivity contribution in [2.45, 2.75) is 6.92 Å². The molecule has 0 aliphatic rings. The molecule has 0 saturated carbocycles. The van der Waals surface area contributed by atoms with Crippen LogP contribution in [0.2, 0.25) is 0 Å². The van der Waals surface area contributed by atoms with Gasteiger partial charge in [-0.05, 0) is 36.1 Å². The van der Waals surface area contributed by atoms with Gasteiger partial charge in [-0.15, -0.1) is 0 Å². The van der Waals surface area contributed by atoms with Gasteiger partial charge in [0.1, 0.15) is 12.6 Å². The molecule has 118 valence electrons. The third-order valence-electron chi connectivity index (χ3n) is 5.51. The highest BCUT2D eigenvalue weighted by Gasteiger charge is 2.24. The standard InChI is InChI=1S/C22H16N3/c1-13-8-9-14-5-3-6-16-19(14)18(13)22-21-15(10-12-24(22)2)20-17(25(16)21)7-4-11-23-20/h3-12H,1-2H3/q+1. The second-order valence-electron chi connectivity index (χ2n) is 6.88. The summed E-state index contributed by atoms with van der Waals surface area (Å²) < 4.78 is 4.64. The Morgan fingerprint density at radius 3 is 2.72 bits per heavy atom. The Hall–Kier alpha value is -3.20. The van der Waals surface area contributed by atoms with Crippen molar-refractivity contribution >= 4 is 49.1 Å². The zero-order valence-electron chi connectivity index (χ0n) is 14.1. The highest BCUT2D eigenvalue weighted by Crippen LogP contribution is 2.39. The number of nitrogens with zero attached hydrogens (tertiary/aromatic N) is 3. The third kappa shape index (κ3) is 1.43. The molecule has 0 spiro atoms. The average molecular weight is 322 g/mol. The van der Waals surface area contributed by atoms with Crippen LogP contribution in [-0.4, -0.2) is 9.38 Å². The first-order chi connectivity index (χ1) is 12.3. The fourth-order valence-corrected chi connectivity index (χ4v) is 4.46. The highest BCUT2D eigenvalue weighted by atomic mass is 15.0. The summed E-state index contributed by atoms with van der Waals surface area (Å²) in [4.78, 5) is 4.70. The van der Waals surface area contributed by atoms with Gasteiger partial charge in [0.2, 0.25) is 5.52 Å². The van der Waals surface area contributed by atoms with E-state index >= 15 is 0 Å². The van der Waals surface area contributed by atoms with Crippen molar-refractivity contribution in [2.24, 2.45) is 7.05 Å². The maximum atomic E-state index is 4.70. The monoisotopic (exact) mass is 322 g/mol. The fraction of sp³-hybridized carbons (Fsp3) is 0.0909. The predicted octanol–water partition coefficient (Wildman–Crippen LogP) is 4.52. The molecular weight excluding hydrogens is 306 g/mol. The van der Waals surface area contributed by atoms with Crippen LogP contribution < -0.4 is 4.57 Å². The normalized spacial score (nSPS) is 12.4. The van der Waals surface area contributed by atoms with Gasteiger partial charge < -0.3 is 4.40 Å². The Morgan fingerprint density at radius 2 is 1.80 bits per heavy atom. The van der Waals surface area contributed by atoms with Crippen LogP contribution in [-0.2, 0) is 7.05 Å². The van der Waals surface area contributed by atoms with Crippen LogP contribution in [0.5, 0.6) is 0 Å². The lowest BCUT2D eigenvalue weighted by Gasteiger charge is -2.12. The molecule has 0 saturated heterocycles. The van der Waals surface area contributed by atoms with Gasteiger partial charge in [0.15, 0.2) is 6.20 Å².